The van der Waals surface area contributed by atoms with Gasteiger partial charge in [0.2, 0.25) is 0 Å². The maximum absolute atomic E-state index is 11.4. The van der Waals surface area contributed by atoms with E-state index in [1.54, 1.807) is 0 Å². The minimum absolute atomic E-state index is 0.0372. The fraction of sp³-hybridized carbons (Fsp3) is 0.800. The Kier molecular flexibility index (Phi) is 3.08. The minimum atomic E-state index is -0.0372. The average Bonchev–Trinajstić information content (AvgIpc) is 2.75. The number of aliphatic hydroxyl groups is 1. The van der Waals surface area contributed by atoms with E-state index in [1.165, 1.54) is 24.8 Å². The Balaban J connectivity index is 1.65. The first kappa shape index (κ1) is 11.5. The van der Waals surface area contributed by atoms with Gasteiger partial charge in [-0.15, -0.1) is 0 Å². The van der Waals surface area contributed by atoms with Crippen LogP contribution in [0.2, 0.25) is 0 Å². The van der Waals surface area contributed by atoms with Gasteiger partial charge in [-0.25, -0.2) is 0 Å². The van der Waals surface area contributed by atoms with Crippen LogP contribution in [-0.2, 0) is 4.79 Å². The highest BCUT2D eigenvalue weighted by molar-refractivity contribution is 5.91. The van der Waals surface area contributed by atoms with E-state index in [-0.39, 0.29) is 6.10 Å². The van der Waals surface area contributed by atoms with Crippen molar-refractivity contribution >= 4 is 5.78 Å². The number of carbonyl (C=O) groups is 1. The predicted octanol–water partition coefficient (Wildman–Crippen LogP) is 2.85. The summed E-state index contributed by atoms with van der Waals surface area (Å²) in [4.78, 5) is 11.4. The second-order valence-corrected chi connectivity index (χ2v) is 6.18. The molecule has 4 atom stereocenters. The molecule has 0 aliphatic heterocycles. The molecule has 3 rings (SSSR count). The van der Waals surface area contributed by atoms with E-state index in [9.17, 15) is 9.90 Å². The Morgan fingerprint density at radius 1 is 1.00 bits per heavy atom. The van der Waals surface area contributed by atoms with E-state index in [1.807, 2.05) is 6.08 Å². The lowest BCUT2D eigenvalue weighted by molar-refractivity contribution is -0.115. The molecule has 3 aliphatic rings. The molecule has 94 valence electrons. The Labute approximate surface area is 103 Å². The third-order valence-corrected chi connectivity index (χ3v) is 5.11. The van der Waals surface area contributed by atoms with Crippen molar-refractivity contribution < 1.29 is 9.90 Å². The molecule has 0 amide bonds. The molecule has 2 fully saturated rings. The second-order valence-electron chi connectivity index (χ2n) is 6.18. The van der Waals surface area contributed by atoms with Crippen molar-refractivity contribution in [3.8, 4) is 0 Å². The van der Waals surface area contributed by atoms with Gasteiger partial charge in [-0.05, 0) is 68.8 Å². The average molecular weight is 234 g/mol. The summed E-state index contributed by atoms with van der Waals surface area (Å²) in [6.45, 7) is 0. The third kappa shape index (κ3) is 2.33. The molecule has 17 heavy (non-hydrogen) atoms. The fourth-order valence-electron chi connectivity index (χ4n) is 4.13. The van der Waals surface area contributed by atoms with Crippen molar-refractivity contribution in [2.24, 2.45) is 17.8 Å². The summed E-state index contributed by atoms with van der Waals surface area (Å²) in [6.07, 6.45) is 10.6. The summed E-state index contributed by atoms with van der Waals surface area (Å²) in [6, 6.07) is 0. The number of ketones is 1. The molecule has 2 saturated carbocycles. The fourth-order valence-corrected chi connectivity index (χ4v) is 4.13. The van der Waals surface area contributed by atoms with Crippen molar-refractivity contribution in [3.63, 3.8) is 0 Å². The van der Waals surface area contributed by atoms with Crippen LogP contribution in [0, 0.1) is 17.8 Å². The smallest absolute Gasteiger partial charge is 0.155 e. The molecule has 3 aliphatic carbocycles. The number of fused-ring (bicyclic) bond motifs is 1. The number of hydrogen-bond acceptors (Lipinski definition) is 2. The lowest BCUT2D eigenvalue weighted by atomic mass is 9.69. The van der Waals surface area contributed by atoms with Gasteiger partial charge in [-0.3, -0.25) is 4.79 Å². The highest BCUT2D eigenvalue weighted by Crippen LogP contribution is 2.45. The van der Waals surface area contributed by atoms with Crippen LogP contribution in [0.15, 0.2) is 11.6 Å². The molecular formula is C15H22O2. The number of hydrogen-bond donors (Lipinski definition) is 1. The van der Waals surface area contributed by atoms with Crippen LogP contribution in [0.5, 0.6) is 0 Å². The van der Waals surface area contributed by atoms with Gasteiger partial charge in [0.25, 0.3) is 0 Å². The van der Waals surface area contributed by atoms with Gasteiger partial charge in [-0.1, -0.05) is 5.57 Å². The maximum atomic E-state index is 11.4. The zero-order chi connectivity index (χ0) is 11.8. The molecule has 2 heteroatoms. The summed E-state index contributed by atoms with van der Waals surface area (Å²) >= 11 is 0. The number of rotatable bonds is 1. The third-order valence-electron chi connectivity index (χ3n) is 5.11. The van der Waals surface area contributed by atoms with Crippen LogP contribution in [0.1, 0.15) is 51.4 Å². The molecule has 1 N–H and O–H groups in total. The Hall–Kier alpha value is -0.630. The normalized spacial score (nSPS) is 42.2. The lowest BCUT2D eigenvalue weighted by Crippen LogP contribution is -2.26. The van der Waals surface area contributed by atoms with E-state index in [4.69, 9.17) is 0 Å². The summed E-state index contributed by atoms with van der Waals surface area (Å²) in [5.41, 5.74) is 1.43. The maximum Gasteiger partial charge on any atom is 0.155 e. The van der Waals surface area contributed by atoms with Crippen molar-refractivity contribution in [1.82, 2.24) is 0 Å². The van der Waals surface area contributed by atoms with Crippen LogP contribution in [-0.4, -0.2) is 17.0 Å². The Morgan fingerprint density at radius 3 is 2.59 bits per heavy atom. The summed E-state index contributed by atoms with van der Waals surface area (Å²) in [7, 11) is 0. The number of carbonyl (C=O) groups excluding carboxylic acids is 1. The molecule has 0 unspecified atom stereocenters. The number of allylic oxidation sites excluding steroid dienone is 2. The Morgan fingerprint density at radius 2 is 1.82 bits per heavy atom. The van der Waals surface area contributed by atoms with Gasteiger partial charge in [0.05, 0.1) is 6.10 Å². The predicted molar refractivity (Wildman–Crippen MR) is 66.5 cm³/mol. The molecular weight excluding hydrogens is 212 g/mol. The molecule has 0 aromatic carbocycles. The molecule has 0 aromatic heterocycles. The zero-order valence-electron chi connectivity index (χ0n) is 10.4. The van der Waals surface area contributed by atoms with Gasteiger partial charge in [-0.2, -0.15) is 0 Å². The van der Waals surface area contributed by atoms with E-state index in [0.29, 0.717) is 11.7 Å². The highest BCUT2D eigenvalue weighted by Gasteiger charge is 2.35. The highest BCUT2D eigenvalue weighted by atomic mass is 16.3. The van der Waals surface area contributed by atoms with Gasteiger partial charge in [0.1, 0.15) is 0 Å². The summed E-state index contributed by atoms with van der Waals surface area (Å²) < 4.78 is 0. The van der Waals surface area contributed by atoms with Crippen molar-refractivity contribution in [2.45, 2.75) is 57.5 Å². The Bertz CT molecular complexity index is 345. The van der Waals surface area contributed by atoms with E-state index in [0.717, 1.165) is 43.9 Å². The molecule has 0 heterocycles. The SMILES string of the molecule is O=C1C=C2CC[C@H]([C@@H]3CC[C@@H](O)C3)C[C@H]2CC1. The molecule has 2 nitrogen and oxygen atoms in total. The lowest BCUT2D eigenvalue weighted by Gasteiger charge is -2.36. The quantitative estimate of drug-likeness (QED) is 0.757. The van der Waals surface area contributed by atoms with Gasteiger partial charge < -0.3 is 5.11 Å². The first-order chi connectivity index (χ1) is 8.22. The molecule has 0 saturated heterocycles. The second kappa shape index (κ2) is 4.56. The topological polar surface area (TPSA) is 37.3 Å². The van der Waals surface area contributed by atoms with Gasteiger partial charge >= 0.3 is 0 Å². The monoisotopic (exact) mass is 234 g/mol. The molecule has 0 radical (unpaired) electrons. The number of aliphatic hydroxyl groups excluding tert-OH is 1. The van der Waals surface area contributed by atoms with E-state index in [2.05, 4.69) is 0 Å². The van der Waals surface area contributed by atoms with Crippen molar-refractivity contribution in [2.75, 3.05) is 0 Å². The van der Waals surface area contributed by atoms with Crippen molar-refractivity contribution in [1.29, 1.82) is 0 Å². The summed E-state index contributed by atoms with van der Waals surface area (Å²) in [5.74, 6) is 2.59. The van der Waals surface area contributed by atoms with Gasteiger partial charge in [0.15, 0.2) is 5.78 Å². The first-order valence-electron chi connectivity index (χ1n) is 7.13. The molecule has 0 spiro atoms. The molecule has 0 aromatic rings. The van der Waals surface area contributed by atoms with Crippen LogP contribution >= 0.6 is 0 Å². The van der Waals surface area contributed by atoms with Crippen LogP contribution in [0.25, 0.3) is 0 Å². The van der Waals surface area contributed by atoms with Crippen LogP contribution < -0.4 is 0 Å². The van der Waals surface area contributed by atoms with Crippen molar-refractivity contribution in [3.05, 3.63) is 11.6 Å². The first-order valence-corrected chi connectivity index (χ1v) is 7.13. The van der Waals surface area contributed by atoms with Crippen LogP contribution in [0.4, 0.5) is 0 Å². The van der Waals surface area contributed by atoms with Gasteiger partial charge in [0, 0.05) is 6.42 Å². The summed E-state index contributed by atoms with van der Waals surface area (Å²) in [5, 5.41) is 9.64. The van der Waals surface area contributed by atoms with E-state index >= 15 is 0 Å². The van der Waals surface area contributed by atoms with E-state index < -0.39 is 0 Å². The molecule has 0 bridgehead atoms. The standard InChI is InChI=1S/C15H22O2/c16-14-5-3-11-7-10(1-2-12(11)8-14)13-4-6-15(17)9-13/h8,10-11,13,15,17H,1-7,9H2/t10-,11+,13+,15+/m0/s1. The largest absolute Gasteiger partial charge is 0.393 e. The van der Waals surface area contributed by atoms with Crippen LogP contribution in [0.3, 0.4) is 0 Å². The zero-order valence-corrected chi connectivity index (χ0v) is 10.4. The minimum Gasteiger partial charge on any atom is -0.393 e.